The van der Waals surface area contributed by atoms with Crippen molar-refractivity contribution in [2.45, 2.75) is 19.3 Å². The van der Waals surface area contributed by atoms with Gasteiger partial charge in [0.1, 0.15) is 0 Å². The summed E-state index contributed by atoms with van der Waals surface area (Å²) in [6.07, 6.45) is 5.24. The Balaban J connectivity index is 1.73. The molecule has 0 bridgehead atoms. The fraction of sp³-hybridized carbons (Fsp3) is 0.400. The average molecular weight is 257 g/mol. The Hall–Kier alpha value is -1.81. The molecule has 4 heteroatoms. The maximum Gasteiger partial charge on any atom is 0.253 e. The molecule has 1 saturated carbocycles. The molecule has 1 amide bonds. The summed E-state index contributed by atoms with van der Waals surface area (Å²) in [5, 5.41) is 4.00. The van der Waals surface area contributed by atoms with E-state index in [9.17, 15) is 4.79 Å². The second kappa shape index (κ2) is 4.70. The van der Waals surface area contributed by atoms with E-state index in [0.29, 0.717) is 18.7 Å². The van der Waals surface area contributed by atoms with Crippen molar-refractivity contribution < 1.29 is 4.79 Å². The third-order valence-electron chi connectivity index (χ3n) is 4.31. The summed E-state index contributed by atoms with van der Waals surface area (Å²) in [7, 11) is 0. The molecule has 3 rings (SSSR count). The topological polar surface area (TPSA) is 70.9 Å². The number of aromatic nitrogens is 1. The van der Waals surface area contributed by atoms with E-state index in [1.54, 1.807) is 6.20 Å². The van der Waals surface area contributed by atoms with Crippen LogP contribution in [0.15, 0.2) is 30.5 Å². The van der Waals surface area contributed by atoms with Crippen LogP contribution in [0.3, 0.4) is 0 Å². The Bertz CT molecular complexity index is 593. The number of fused-ring (bicyclic) bond motifs is 1. The number of para-hydroxylation sites is 1. The summed E-state index contributed by atoms with van der Waals surface area (Å²) in [6, 6.07) is 7.83. The quantitative estimate of drug-likeness (QED) is 0.784. The third kappa shape index (κ3) is 2.12. The molecule has 1 aliphatic rings. The molecule has 100 valence electrons. The van der Waals surface area contributed by atoms with Crippen molar-refractivity contribution in [2.24, 2.45) is 11.1 Å². The monoisotopic (exact) mass is 257 g/mol. The van der Waals surface area contributed by atoms with E-state index in [2.05, 4.69) is 10.3 Å². The summed E-state index contributed by atoms with van der Waals surface area (Å²) in [5.41, 5.74) is 7.65. The Kier molecular flexibility index (Phi) is 3.03. The smallest absolute Gasteiger partial charge is 0.253 e. The molecule has 1 aromatic carbocycles. The summed E-state index contributed by atoms with van der Waals surface area (Å²) in [5.74, 6) is -0.0165. The van der Waals surface area contributed by atoms with Gasteiger partial charge in [0.25, 0.3) is 5.91 Å². The highest BCUT2D eigenvalue weighted by atomic mass is 16.1. The van der Waals surface area contributed by atoms with Gasteiger partial charge in [-0.05, 0) is 30.9 Å². The van der Waals surface area contributed by atoms with Gasteiger partial charge in [0, 0.05) is 23.6 Å². The van der Waals surface area contributed by atoms with Crippen LogP contribution in [0.2, 0.25) is 0 Å². The van der Waals surface area contributed by atoms with Gasteiger partial charge in [0.05, 0.1) is 5.56 Å². The van der Waals surface area contributed by atoms with Crippen molar-refractivity contribution in [3.8, 4) is 0 Å². The highest BCUT2D eigenvalue weighted by molar-refractivity contribution is 6.06. The molecule has 0 spiro atoms. The van der Waals surface area contributed by atoms with Gasteiger partial charge in [-0.15, -0.1) is 0 Å². The lowest BCUT2D eigenvalue weighted by molar-refractivity contribution is 0.0878. The molecule has 4 nitrogen and oxygen atoms in total. The number of nitrogens with two attached hydrogens (primary N) is 1. The van der Waals surface area contributed by atoms with Gasteiger partial charge < -0.3 is 16.0 Å². The van der Waals surface area contributed by atoms with E-state index in [4.69, 9.17) is 5.73 Å². The highest BCUT2D eigenvalue weighted by Crippen LogP contribution is 2.39. The van der Waals surface area contributed by atoms with Gasteiger partial charge >= 0.3 is 0 Å². The minimum atomic E-state index is -0.0165. The molecule has 1 heterocycles. The van der Waals surface area contributed by atoms with Crippen LogP contribution in [0.1, 0.15) is 29.6 Å². The van der Waals surface area contributed by atoms with E-state index < -0.39 is 0 Å². The minimum Gasteiger partial charge on any atom is -0.360 e. The van der Waals surface area contributed by atoms with Crippen LogP contribution in [0, 0.1) is 5.41 Å². The second-order valence-corrected chi connectivity index (χ2v) is 5.49. The summed E-state index contributed by atoms with van der Waals surface area (Å²) in [4.78, 5) is 15.4. The zero-order valence-corrected chi connectivity index (χ0v) is 10.9. The van der Waals surface area contributed by atoms with Gasteiger partial charge in [0.2, 0.25) is 0 Å². The SMILES string of the molecule is NCC1(CNC(=O)c2c[nH]c3ccccc23)CCC1. The predicted octanol–water partition coefficient (Wildman–Crippen LogP) is 2.03. The van der Waals surface area contributed by atoms with Crippen molar-refractivity contribution >= 4 is 16.8 Å². The van der Waals surface area contributed by atoms with E-state index in [-0.39, 0.29) is 11.3 Å². The van der Waals surface area contributed by atoms with Crippen LogP contribution in [0.5, 0.6) is 0 Å². The molecule has 0 aliphatic heterocycles. The lowest BCUT2D eigenvalue weighted by atomic mass is 9.69. The van der Waals surface area contributed by atoms with Crippen LogP contribution >= 0.6 is 0 Å². The van der Waals surface area contributed by atoms with Crippen molar-refractivity contribution in [1.82, 2.24) is 10.3 Å². The largest absolute Gasteiger partial charge is 0.360 e. The number of amides is 1. The third-order valence-corrected chi connectivity index (χ3v) is 4.31. The van der Waals surface area contributed by atoms with E-state index in [1.807, 2.05) is 24.3 Å². The van der Waals surface area contributed by atoms with Crippen LogP contribution in [-0.4, -0.2) is 24.0 Å². The predicted molar refractivity (Wildman–Crippen MR) is 76.0 cm³/mol. The molecule has 0 unspecified atom stereocenters. The molecule has 1 fully saturated rings. The number of aromatic amines is 1. The van der Waals surface area contributed by atoms with Crippen LogP contribution in [0.4, 0.5) is 0 Å². The van der Waals surface area contributed by atoms with Gasteiger partial charge in [-0.1, -0.05) is 24.6 Å². The molecule has 2 aromatic rings. The zero-order chi connectivity index (χ0) is 13.3. The van der Waals surface area contributed by atoms with Crippen LogP contribution in [-0.2, 0) is 0 Å². The molecule has 19 heavy (non-hydrogen) atoms. The summed E-state index contributed by atoms with van der Waals surface area (Å²) >= 11 is 0. The first-order chi connectivity index (χ1) is 9.24. The first kappa shape index (κ1) is 12.2. The fourth-order valence-electron chi connectivity index (χ4n) is 2.75. The fourth-order valence-corrected chi connectivity index (χ4v) is 2.75. The summed E-state index contributed by atoms with van der Waals surface area (Å²) in [6.45, 7) is 1.34. The molecule has 4 N–H and O–H groups in total. The normalized spacial score (nSPS) is 17.1. The highest BCUT2D eigenvalue weighted by Gasteiger charge is 2.35. The maximum absolute atomic E-state index is 12.3. The average Bonchev–Trinajstić information content (AvgIpc) is 2.81. The molecule has 0 radical (unpaired) electrons. The number of carbonyl (C=O) groups is 1. The van der Waals surface area contributed by atoms with Gasteiger partial charge in [0.15, 0.2) is 0 Å². The molecule has 0 atom stereocenters. The number of nitrogens with one attached hydrogen (secondary N) is 2. The van der Waals surface area contributed by atoms with Crippen molar-refractivity contribution in [2.75, 3.05) is 13.1 Å². The van der Waals surface area contributed by atoms with E-state index in [1.165, 1.54) is 6.42 Å². The number of carbonyl (C=O) groups excluding carboxylic acids is 1. The summed E-state index contributed by atoms with van der Waals surface area (Å²) < 4.78 is 0. The molecule has 0 saturated heterocycles. The number of H-pyrrole nitrogens is 1. The number of benzene rings is 1. The van der Waals surface area contributed by atoms with Crippen molar-refractivity contribution in [3.05, 3.63) is 36.0 Å². The second-order valence-electron chi connectivity index (χ2n) is 5.49. The first-order valence-electron chi connectivity index (χ1n) is 6.78. The van der Waals surface area contributed by atoms with Crippen molar-refractivity contribution in [1.29, 1.82) is 0 Å². The number of hydrogen-bond donors (Lipinski definition) is 3. The van der Waals surface area contributed by atoms with E-state index >= 15 is 0 Å². The van der Waals surface area contributed by atoms with E-state index in [0.717, 1.165) is 23.7 Å². The number of hydrogen-bond acceptors (Lipinski definition) is 2. The minimum absolute atomic E-state index is 0.0165. The molecule has 1 aliphatic carbocycles. The molecular weight excluding hydrogens is 238 g/mol. The Morgan fingerprint density at radius 2 is 2.16 bits per heavy atom. The Morgan fingerprint density at radius 1 is 1.37 bits per heavy atom. The number of rotatable bonds is 4. The lowest BCUT2D eigenvalue weighted by Gasteiger charge is -2.40. The van der Waals surface area contributed by atoms with Gasteiger partial charge in [-0.3, -0.25) is 4.79 Å². The Morgan fingerprint density at radius 3 is 2.84 bits per heavy atom. The first-order valence-corrected chi connectivity index (χ1v) is 6.78. The van der Waals surface area contributed by atoms with Crippen molar-refractivity contribution in [3.63, 3.8) is 0 Å². The van der Waals surface area contributed by atoms with Crippen LogP contribution < -0.4 is 11.1 Å². The standard InChI is InChI=1S/C15H19N3O/c16-9-15(6-3-7-15)10-18-14(19)12-8-17-13-5-2-1-4-11(12)13/h1-2,4-5,8,17H,3,6-7,9-10,16H2,(H,18,19). The molecular formula is C15H19N3O. The van der Waals surface area contributed by atoms with Crippen LogP contribution in [0.25, 0.3) is 10.9 Å². The Labute approximate surface area is 112 Å². The van der Waals surface area contributed by atoms with Gasteiger partial charge in [-0.25, -0.2) is 0 Å². The lowest BCUT2D eigenvalue weighted by Crippen LogP contribution is -2.46. The zero-order valence-electron chi connectivity index (χ0n) is 10.9. The maximum atomic E-state index is 12.3. The van der Waals surface area contributed by atoms with Gasteiger partial charge in [-0.2, -0.15) is 0 Å². The molecule has 1 aromatic heterocycles.